The van der Waals surface area contributed by atoms with Gasteiger partial charge in [0.05, 0.1) is 27.9 Å². The largest absolute Gasteiger partial charge is 0.337 e. The Hall–Kier alpha value is -3.56. The second-order valence-electron chi connectivity index (χ2n) is 6.04. The lowest BCUT2D eigenvalue weighted by Crippen LogP contribution is -2.15. The zero-order valence-corrected chi connectivity index (χ0v) is 15.1. The molecule has 0 aliphatic carbocycles. The molecule has 4 aromatic rings. The highest BCUT2D eigenvalue weighted by molar-refractivity contribution is 6.30. The number of fused-ring (bicyclic) bond motifs is 1. The third kappa shape index (κ3) is 3.05. The van der Waals surface area contributed by atoms with E-state index in [1.54, 1.807) is 37.3 Å². The number of rotatable bonds is 3. The molecule has 0 aliphatic heterocycles. The van der Waals surface area contributed by atoms with Gasteiger partial charge in [0.2, 0.25) is 0 Å². The van der Waals surface area contributed by atoms with Crippen LogP contribution in [0.15, 0.2) is 53.3 Å². The van der Waals surface area contributed by atoms with E-state index in [1.165, 1.54) is 4.68 Å². The molecule has 7 heteroatoms. The fourth-order valence-electron chi connectivity index (χ4n) is 2.90. The molecule has 2 heterocycles. The third-order valence-electron chi connectivity index (χ3n) is 4.24. The van der Waals surface area contributed by atoms with Gasteiger partial charge in [0.15, 0.2) is 0 Å². The summed E-state index contributed by atoms with van der Waals surface area (Å²) in [6.45, 7) is 1.78. The van der Waals surface area contributed by atoms with Gasteiger partial charge in [-0.1, -0.05) is 29.8 Å². The molecule has 27 heavy (non-hydrogen) atoms. The number of aromatic amines is 2. The van der Waals surface area contributed by atoms with Gasteiger partial charge in [0.1, 0.15) is 11.9 Å². The van der Waals surface area contributed by atoms with Crippen LogP contribution in [0.2, 0.25) is 5.02 Å². The summed E-state index contributed by atoms with van der Waals surface area (Å²) in [6, 6.07) is 16.6. The molecular formula is C20H14ClN5O. The molecule has 2 aromatic carbocycles. The van der Waals surface area contributed by atoms with Gasteiger partial charge in [-0.15, -0.1) is 0 Å². The zero-order chi connectivity index (χ0) is 19.0. The molecule has 0 unspecified atom stereocenters. The maximum Gasteiger partial charge on any atom is 0.278 e. The molecule has 0 aliphatic rings. The molecule has 0 bridgehead atoms. The predicted molar refractivity (Wildman–Crippen MR) is 106 cm³/mol. The molecule has 0 amide bonds. The predicted octanol–water partition coefficient (Wildman–Crippen LogP) is 4.07. The summed E-state index contributed by atoms with van der Waals surface area (Å²) in [5, 5.41) is 13.1. The summed E-state index contributed by atoms with van der Waals surface area (Å²) in [6.07, 6.45) is 1.55. The van der Waals surface area contributed by atoms with Crippen molar-refractivity contribution in [3.63, 3.8) is 0 Å². The zero-order valence-electron chi connectivity index (χ0n) is 14.3. The third-order valence-corrected chi connectivity index (χ3v) is 4.47. The maximum absolute atomic E-state index is 12.9. The van der Waals surface area contributed by atoms with Gasteiger partial charge in [-0.25, -0.2) is 9.67 Å². The normalized spacial score (nSPS) is 11.7. The van der Waals surface area contributed by atoms with Crippen LogP contribution >= 0.6 is 11.6 Å². The fraction of sp³-hybridized carbons (Fsp3) is 0.0500. The second-order valence-corrected chi connectivity index (χ2v) is 6.48. The van der Waals surface area contributed by atoms with Crippen molar-refractivity contribution < 1.29 is 0 Å². The fourth-order valence-corrected chi connectivity index (χ4v) is 3.09. The lowest BCUT2D eigenvalue weighted by molar-refractivity contribution is 0.835. The number of allylic oxidation sites excluding steroid dienone is 1. The standard InChI is InChI=1S/C20H14ClN5O/c1-12-16(20(27)26(25-12)15-6-4-5-14(21)10-15)9-13(11-22)19-23-17-7-2-3-8-18(17)24-19/h2-10,25H,1H3,(H,23,24)/b13-9+. The average molecular weight is 376 g/mol. The van der Waals surface area contributed by atoms with Crippen molar-refractivity contribution in [2.75, 3.05) is 0 Å². The molecule has 0 atom stereocenters. The number of hydrogen-bond acceptors (Lipinski definition) is 3. The number of halogens is 1. The Kier molecular flexibility index (Phi) is 4.15. The van der Waals surface area contributed by atoms with Crippen molar-refractivity contribution in [3.05, 3.63) is 81.0 Å². The highest BCUT2D eigenvalue weighted by Crippen LogP contribution is 2.20. The quantitative estimate of drug-likeness (QED) is 0.529. The van der Waals surface area contributed by atoms with Gasteiger partial charge in [-0.2, -0.15) is 5.26 Å². The van der Waals surface area contributed by atoms with E-state index in [1.807, 2.05) is 24.3 Å². The highest BCUT2D eigenvalue weighted by atomic mass is 35.5. The highest BCUT2D eigenvalue weighted by Gasteiger charge is 2.14. The molecule has 0 fully saturated rings. The van der Waals surface area contributed by atoms with Gasteiger partial charge >= 0.3 is 0 Å². The Labute approximate surface area is 159 Å². The first-order valence-corrected chi connectivity index (χ1v) is 8.59. The van der Waals surface area contributed by atoms with E-state index in [0.717, 1.165) is 11.0 Å². The van der Waals surface area contributed by atoms with Gasteiger partial charge in [0.25, 0.3) is 5.56 Å². The van der Waals surface area contributed by atoms with Crippen LogP contribution in [0.5, 0.6) is 0 Å². The summed E-state index contributed by atoms with van der Waals surface area (Å²) in [4.78, 5) is 20.4. The monoisotopic (exact) mass is 375 g/mol. The summed E-state index contributed by atoms with van der Waals surface area (Å²) in [5.41, 5.74) is 3.27. The smallest absolute Gasteiger partial charge is 0.278 e. The number of hydrogen-bond donors (Lipinski definition) is 2. The van der Waals surface area contributed by atoms with Gasteiger partial charge in [-0.3, -0.25) is 9.89 Å². The SMILES string of the molecule is Cc1[nH]n(-c2cccc(Cl)c2)c(=O)c1/C=C(\C#N)c1nc2ccccc2[nH]1. The van der Waals surface area contributed by atoms with Crippen molar-refractivity contribution in [2.45, 2.75) is 6.92 Å². The molecule has 0 radical (unpaired) electrons. The Morgan fingerprint density at radius 3 is 2.81 bits per heavy atom. The minimum Gasteiger partial charge on any atom is -0.337 e. The van der Waals surface area contributed by atoms with E-state index >= 15 is 0 Å². The molecule has 4 rings (SSSR count). The Balaban J connectivity index is 1.83. The van der Waals surface area contributed by atoms with E-state index in [-0.39, 0.29) is 11.1 Å². The second kappa shape index (κ2) is 6.63. The first-order chi connectivity index (χ1) is 13.1. The number of para-hydroxylation sites is 2. The average Bonchev–Trinajstić information content (AvgIpc) is 3.21. The van der Waals surface area contributed by atoms with E-state index < -0.39 is 0 Å². The van der Waals surface area contributed by atoms with Crippen molar-refractivity contribution in [1.82, 2.24) is 19.7 Å². The topological polar surface area (TPSA) is 90.3 Å². The van der Waals surface area contributed by atoms with Crippen LogP contribution in [0.3, 0.4) is 0 Å². The van der Waals surface area contributed by atoms with Crippen molar-refractivity contribution in [2.24, 2.45) is 0 Å². The summed E-state index contributed by atoms with van der Waals surface area (Å²) in [7, 11) is 0. The number of aryl methyl sites for hydroxylation is 1. The van der Waals surface area contributed by atoms with Crippen LogP contribution in [-0.2, 0) is 0 Å². The summed E-state index contributed by atoms with van der Waals surface area (Å²) >= 11 is 6.02. The number of H-pyrrole nitrogens is 2. The molecular weight excluding hydrogens is 362 g/mol. The van der Waals surface area contributed by atoms with Crippen LogP contribution in [-0.4, -0.2) is 19.7 Å². The Morgan fingerprint density at radius 2 is 2.07 bits per heavy atom. The molecule has 0 saturated carbocycles. The van der Waals surface area contributed by atoms with Crippen LogP contribution in [0.25, 0.3) is 28.4 Å². The van der Waals surface area contributed by atoms with Crippen LogP contribution < -0.4 is 5.56 Å². The molecule has 2 N–H and O–H groups in total. The molecule has 0 saturated heterocycles. The number of nitrogens with zero attached hydrogens (tertiary/aromatic N) is 3. The maximum atomic E-state index is 12.9. The number of aromatic nitrogens is 4. The van der Waals surface area contributed by atoms with Gasteiger partial charge < -0.3 is 4.98 Å². The number of nitriles is 1. The Bertz CT molecular complexity index is 1250. The summed E-state index contributed by atoms with van der Waals surface area (Å²) < 4.78 is 1.40. The van der Waals surface area contributed by atoms with Crippen molar-refractivity contribution in [3.8, 4) is 11.8 Å². The number of imidazole rings is 1. The minimum absolute atomic E-state index is 0.265. The lowest BCUT2D eigenvalue weighted by Gasteiger charge is -2.01. The van der Waals surface area contributed by atoms with E-state index in [9.17, 15) is 10.1 Å². The minimum atomic E-state index is -0.265. The number of benzene rings is 2. The van der Waals surface area contributed by atoms with Crippen molar-refractivity contribution >= 4 is 34.3 Å². The first-order valence-electron chi connectivity index (χ1n) is 8.21. The molecule has 0 spiro atoms. The molecule has 6 nitrogen and oxygen atoms in total. The van der Waals surface area contributed by atoms with E-state index in [0.29, 0.717) is 27.8 Å². The van der Waals surface area contributed by atoms with Crippen molar-refractivity contribution in [1.29, 1.82) is 5.26 Å². The van der Waals surface area contributed by atoms with Gasteiger partial charge in [0, 0.05) is 10.7 Å². The van der Waals surface area contributed by atoms with Crippen LogP contribution in [0.4, 0.5) is 0 Å². The number of nitrogens with one attached hydrogen (secondary N) is 2. The van der Waals surface area contributed by atoms with Gasteiger partial charge in [-0.05, 0) is 43.3 Å². The van der Waals surface area contributed by atoms with Crippen LogP contribution in [0, 0.1) is 18.3 Å². The molecule has 132 valence electrons. The summed E-state index contributed by atoms with van der Waals surface area (Å²) in [5.74, 6) is 0.424. The first kappa shape index (κ1) is 16.9. The lowest BCUT2D eigenvalue weighted by atomic mass is 10.1. The van der Waals surface area contributed by atoms with Crippen LogP contribution in [0.1, 0.15) is 17.1 Å². The Morgan fingerprint density at radius 1 is 1.26 bits per heavy atom. The van der Waals surface area contributed by atoms with E-state index in [4.69, 9.17) is 11.6 Å². The molecule has 2 aromatic heterocycles. The van der Waals surface area contributed by atoms with E-state index in [2.05, 4.69) is 21.1 Å².